The van der Waals surface area contributed by atoms with Crippen LogP contribution in [0.25, 0.3) is 0 Å². The number of aliphatic hydroxyl groups is 1. The van der Waals surface area contributed by atoms with Gasteiger partial charge in [0.05, 0.1) is 6.10 Å². The monoisotopic (exact) mass is 159 g/mol. The lowest BCUT2D eigenvalue weighted by molar-refractivity contribution is -0.137. The van der Waals surface area contributed by atoms with Crippen LogP contribution in [0.3, 0.4) is 0 Å². The van der Waals surface area contributed by atoms with Crippen LogP contribution in [0, 0.1) is 0 Å². The lowest BCUT2D eigenvalue weighted by Gasteiger charge is -2.35. The molecule has 0 atom stereocenters. The maximum absolute atomic E-state index is 10.1. The first kappa shape index (κ1) is 8.49. The van der Waals surface area contributed by atoms with Crippen LogP contribution in [-0.2, 0) is 4.79 Å². The molecular weight excluding hydrogens is 146 g/mol. The normalized spacial score (nSPS) is 19.7. The van der Waals surface area contributed by atoms with Gasteiger partial charge in [0.25, 0.3) is 0 Å². The summed E-state index contributed by atoms with van der Waals surface area (Å²) in [5.74, 6) is -0.744. The third-order valence-electron chi connectivity index (χ3n) is 1.80. The first-order valence-electron chi connectivity index (χ1n) is 3.80. The average molecular weight is 159 g/mol. The van der Waals surface area contributed by atoms with Crippen molar-refractivity contribution in [1.82, 2.24) is 4.90 Å². The standard InChI is InChI=1S/C7H13NO3/c9-6-4-8(5-6)3-1-2-7(10)11/h6,9H,1-5H2,(H,10,11). The molecule has 1 heterocycles. The molecule has 2 N–H and O–H groups in total. The Morgan fingerprint density at radius 3 is 2.64 bits per heavy atom. The van der Waals surface area contributed by atoms with Crippen molar-refractivity contribution >= 4 is 5.97 Å². The van der Waals surface area contributed by atoms with Gasteiger partial charge in [0.2, 0.25) is 0 Å². The number of hydrogen-bond donors (Lipinski definition) is 2. The van der Waals surface area contributed by atoms with E-state index in [9.17, 15) is 4.79 Å². The van der Waals surface area contributed by atoms with Crippen LogP contribution in [-0.4, -0.2) is 46.8 Å². The molecule has 0 amide bonds. The fraction of sp³-hybridized carbons (Fsp3) is 0.857. The highest BCUT2D eigenvalue weighted by Gasteiger charge is 2.23. The third-order valence-corrected chi connectivity index (χ3v) is 1.80. The number of likely N-dealkylation sites (tertiary alicyclic amines) is 1. The molecule has 0 saturated carbocycles. The van der Waals surface area contributed by atoms with Crippen LogP contribution in [0.5, 0.6) is 0 Å². The Balaban J connectivity index is 1.92. The van der Waals surface area contributed by atoms with E-state index in [1.165, 1.54) is 0 Å². The zero-order valence-electron chi connectivity index (χ0n) is 6.36. The van der Waals surface area contributed by atoms with Gasteiger partial charge in [-0.05, 0) is 13.0 Å². The Kier molecular flexibility index (Phi) is 2.84. The van der Waals surface area contributed by atoms with Crippen LogP contribution in [0.15, 0.2) is 0 Å². The summed E-state index contributed by atoms with van der Waals surface area (Å²) in [7, 11) is 0. The first-order valence-corrected chi connectivity index (χ1v) is 3.80. The molecule has 0 aromatic heterocycles. The molecule has 1 rings (SSSR count). The average Bonchev–Trinajstić information content (AvgIpc) is 1.83. The van der Waals surface area contributed by atoms with E-state index in [1.807, 2.05) is 4.90 Å². The van der Waals surface area contributed by atoms with Gasteiger partial charge < -0.3 is 10.2 Å². The molecule has 0 unspecified atom stereocenters. The summed E-state index contributed by atoms with van der Waals surface area (Å²) < 4.78 is 0. The van der Waals surface area contributed by atoms with Crippen molar-refractivity contribution < 1.29 is 15.0 Å². The fourth-order valence-electron chi connectivity index (χ4n) is 1.18. The van der Waals surface area contributed by atoms with Gasteiger partial charge in [0, 0.05) is 19.5 Å². The molecule has 0 aromatic carbocycles. The smallest absolute Gasteiger partial charge is 0.303 e. The van der Waals surface area contributed by atoms with Crippen LogP contribution in [0.4, 0.5) is 0 Å². The summed E-state index contributed by atoms with van der Waals surface area (Å²) in [5.41, 5.74) is 0. The van der Waals surface area contributed by atoms with E-state index < -0.39 is 5.97 Å². The molecule has 4 heteroatoms. The highest BCUT2D eigenvalue weighted by atomic mass is 16.4. The lowest BCUT2D eigenvalue weighted by atomic mass is 10.1. The zero-order chi connectivity index (χ0) is 8.27. The molecule has 1 aliphatic rings. The molecule has 4 nitrogen and oxygen atoms in total. The quantitative estimate of drug-likeness (QED) is 0.582. The molecule has 0 aromatic rings. The Morgan fingerprint density at radius 2 is 2.18 bits per heavy atom. The van der Waals surface area contributed by atoms with Gasteiger partial charge in [-0.15, -0.1) is 0 Å². The van der Waals surface area contributed by atoms with Crippen LogP contribution in [0.2, 0.25) is 0 Å². The summed E-state index contributed by atoms with van der Waals surface area (Å²) >= 11 is 0. The Labute approximate surface area is 65.4 Å². The minimum Gasteiger partial charge on any atom is -0.481 e. The number of nitrogens with zero attached hydrogens (tertiary/aromatic N) is 1. The number of carboxylic acid groups (broad SMARTS) is 1. The number of hydrogen-bond acceptors (Lipinski definition) is 3. The molecular formula is C7H13NO3. The third kappa shape index (κ3) is 2.86. The predicted octanol–water partition coefficient (Wildman–Crippen LogP) is -0.472. The van der Waals surface area contributed by atoms with Gasteiger partial charge in [0.1, 0.15) is 0 Å². The topological polar surface area (TPSA) is 60.8 Å². The summed E-state index contributed by atoms with van der Waals surface area (Å²) in [5, 5.41) is 17.2. The van der Waals surface area contributed by atoms with Gasteiger partial charge in [-0.2, -0.15) is 0 Å². The molecule has 0 aliphatic carbocycles. The van der Waals surface area contributed by atoms with Crippen molar-refractivity contribution in [3.8, 4) is 0 Å². The van der Waals surface area contributed by atoms with Gasteiger partial charge in [0.15, 0.2) is 0 Å². The number of aliphatic carboxylic acids is 1. The maximum Gasteiger partial charge on any atom is 0.303 e. The second-order valence-corrected chi connectivity index (χ2v) is 2.91. The van der Waals surface area contributed by atoms with E-state index in [0.29, 0.717) is 19.5 Å². The largest absolute Gasteiger partial charge is 0.481 e. The summed E-state index contributed by atoms with van der Waals surface area (Å²) in [6.07, 6.45) is 0.731. The molecule has 0 bridgehead atoms. The van der Waals surface area contributed by atoms with Crippen molar-refractivity contribution in [2.45, 2.75) is 18.9 Å². The van der Waals surface area contributed by atoms with Gasteiger partial charge >= 0.3 is 5.97 Å². The molecule has 0 radical (unpaired) electrons. The molecule has 1 aliphatic heterocycles. The number of β-amino-alcohol motifs (C(OH)–C–C–N with tert-alkyl or cyclic N) is 1. The van der Waals surface area contributed by atoms with Crippen LogP contribution < -0.4 is 0 Å². The van der Waals surface area contributed by atoms with Crippen molar-refractivity contribution in [3.05, 3.63) is 0 Å². The highest BCUT2D eigenvalue weighted by molar-refractivity contribution is 5.66. The number of carboxylic acids is 1. The SMILES string of the molecule is O=C(O)CCCN1CC(O)C1. The van der Waals surface area contributed by atoms with Crippen LogP contribution >= 0.6 is 0 Å². The molecule has 11 heavy (non-hydrogen) atoms. The van der Waals surface area contributed by atoms with Crippen molar-refractivity contribution in [3.63, 3.8) is 0 Å². The number of carbonyl (C=O) groups is 1. The minimum absolute atomic E-state index is 0.181. The second kappa shape index (κ2) is 3.69. The summed E-state index contributed by atoms with van der Waals surface area (Å²) in [4.78, 5) is 12.1. The van der Waals surface area contributed by atoms with E-state index in [2.05, 4.69) is 0 Å². The molecule has 0 spiro atoms. The molecule has 1 saturated heterocycles. The first-order chi connectivity index (χ1) is 5.18. The predicted molar refractivity (Wildman–Crippen MR) is 39.3 cm³/mol. The second-order valence-electron chi connectivity index (χ2n) is 2.91. The molecule has 1 fully saturated rings. The van der Waals surface area contributed by atoms with E-state index in [-0.39, 0.29) is 12.5 Å². The van der Waals surface area contributed by atoms with Gasteiger partial charge in [-0.25, -0.2) is 0 Å². The lowest BCUT2D eigenvalue weighted by Crippen LogP contribution is -2.50. The van der Waals surface area contributed by atoms with E-state index in [4.69, 9.17) is 10.2 Å². The minimum atomic E-state index is -0.744. The van der Waals surface area contributed by atoms with Crippen LogP contribution in [0.1, 0.15) is 12.8 Å². The Bertz CT molecular complexity index is 143. The Hall–Kier alpha value is -0.610. The number of rotatable bonds is 4. The van der Waals surface area contributed by atoms with Crippen molar-refractivity contribution in [2.75, 3.05) is 19.6 Å². The fourth-order valence-corrected chi connectivity index (χ4v) is 1.18. The van der Waals surface area contributed by atoms with Crippen molar-refractivity contribution in [2.24, 2.45) is 0 Å². The summed E-state index contributed by atoms with van der Waals surface area (Å²) in [6.45, 7) is 2.21. The van der Waals surface area contributed by atoms with Crippen molar-refractivity contribution in [1.29, 1.82) is 0 Å². The van der Waals surface area contributed by atoms with E-state index in [0.717, 1.165) is 6.54 Å². The Morgan fingerprint density at radius 1 is 1.55 bits per heavy atom. The van der Waals surface area contributed by atoms with E-state index >= 15 is 0 Å². The number of aliphatic hydroxyl groups excluding tert-OH is 1. The maximum atomic E-state index is 10.1. The zero-order valence-corrected chi connectivity index (χ0v) is 6.36. The summed E-state index contributed by atoms with van der Waals surface area (Å²) in [6, 6.07) is 0. The van der Waals surface area contributed by atoms with Gasteiger partial charge in [-0.3, -0.25) is 9.69 Å². The highest BCUT2D eigenvalue weighted by Crippen LogP contribution is 2.07. The molecule has 64 valence electrons. The van der Waals surface area contributed by atoms with Gasteiger partial charge in [-0.1, -0.05) is 0 Å². The van der Waals surface area contributed by atoms with E-state index in [1.54, 1.807) is 0 Å².